The second-order valence-electron chi connectivity index (χ2n) is 6.82. The van der Waals surface area contributed by atoms with Crippen LogP contribution < -0.4 is 10.1 Å². The van der Waals surface area contributed by atoms with Crippen molar-refractivity contribution in [2.45, 2.75) is 30.6 Å². The normalized spacial score (nSPS) is 10.4. The van der Waals surface area contributed by atoms with Crippen molar-refractivity contribution in [3.63, 3.8) is 0 Å². The molecule has 1 amide bonds. The molecule has 0 saturated carbocycles. The summed E-state index contributed by atoms with van der Waals surface area (Å²) in [5.41, 5.74) is 3.74. The molecule has 0 aliphatic rings. The average molecular weight is 406 g/mol. The first-order chi connectivity index (χ1) is 13.9. The summed E-state index contributed by atoms with van der Waals surface area (Å²) < 4.78 is 5.49. The molecule has 4 nitrogen and oxygen atoms in total. The second kappa shape index (κ2) is 9.43. The summed E-state index contributed by atoms with van der Waals surface area (Å²) in [6.45, 7) is 5.55. The van der Waals surface area contributed by atoms with E-state index in [-0.39, 0.29) is 18.3 Å². The van der Waals surface area contributed by atoms with Crippen LogP contribution in [0.3, 0.4) is 0 Å². The smallest absolute Gasteiger partial charge is 0.262 e. The van der Waals surface area contributed by atoms with Gasteiger partial charge in [0.1, 0.15) is 5.75 Å². The number of anilines is 1. The van der Waals surface area contributed by atoms with Crippen molar-refractivity contribution in [3.05, 3.63) is 83.4 Å². The molecule has 1 N–H and O–H groups in total. The van der Waals surface area contributed by atoms with Gasteiger partial charge in [-0.3, -0.25) is 9.59 Å². The van der Waals surface area contributed by atoms with Gasteiger partial charge in [0, 0.05) is 21.0 Å². The van der Waals surface area contributed by atoms with Crippen LogP contribution in [0.15, 0.2) is 76.5 Å². The zero-order valence-corrected chi connectivity index (χ0v) is 17.5. The number of hydrogen-bond acceptors (Lipinski definition) is 4. The van der Waals surface area contributed by atoms with Crippen LogP contribution in [0.4, 0.5) is 5.69 Å². The van der Waals surface area contributed by atoms with E-state index in [0.717, 1.165) is 4.90 Å². The summed E-state index contributed by atoms with van der Waals surface area (Å²) in [5, 5.41) is 2.82. The largest absolute Gasteiger partial charge is 0.484 e. The Morgan fingerprint density at radius 3 is 2.45 bits per heavy atom. The summed E-state index contributed by atoms with van der Waals surface area (Å²) in [6, 6.07) is 20.9. The predicted molar refractivity (Wildman–Crippen MR) is 117 cm³/mol. The molecule has 0 aliphatic heterocycles. The van der Waals surface area contributed by atoms with Crippen molar-refractivity contribution in [3.8, 4) is 5.75 Å². The van der Waals surface area contributed by atoms with E-state index in [4.69, 9.17) is 4.74 Å². The van der Waals surface area contributed by atoms with Gasteiger partial charge in [-0.15, -0.1) is 0 Å². The van der Waals surface area contributed by atoms with Crippen LogP contribution in [-0.4, -0.2) is 18.3 Å². The number of ketones is 1. The number of rotatable bonds is 7. The van der Waals surface area contributed by atoms with E-state index in [1.165, 1.54) is 22.9 Å². The van der Waals surface area contributed by atoms with E-state index in [1.54, 1.807) is 36.0 Å². The van der Waals surface area contributed by atoms with Crippen LogP contribution in [-0.2, 0) is 4.79 Å². The first-order valence-electron chi connectivity index (χ1n) is 9.29. The van der Waals surface area contributed by atoms with Gasteiger partial charge in [-0.2, -0.15) is 0 Å². The molecule has 0 radical (unpaired) electrons. The topological polar surface area (TPSA) is 55.4 Å². The predicted octanol–water partition coefficient (Wildman–Crippen LogP) is 5.67. The Morgan fingerprint density at radius 2 is 1.72 bits per heavy atom. The van der Waals surface area contributed by atoms with Gasteiger partial charge >= 0.3 is 0 Å². The summed E-state index contributed by atoms with van der Waals surface area (Å²) in [6.07, 6.45) is 0. The van der Waals surface area contributed by atoms with Crippen LogP contribution in [0.1, 0.15) is 28.4 Å². The summed E-state index contributed by atoms with van der Waals surface area (Å²) >= 11 is 1.70. The number of aryl methyl sites for hydroxylation is 2. The van der Waals surface area contributed by atoms with Gasteiger partial charge in [0.2, 0.25) is 0 Å². The van der Waals surface area contributed by atoms with E-state index in [1.807, 2.05) is 24.3 Å². The molecule has 0 saturated heterocycles. The minimum atomic E-state index is -0.256. The fourth-order valence-electron chi connectivity index (χ4n) is 2.70. The highest BCUT2D eigenvalue weighted by Crippen LogP contribution is 2.31. The van der Waals surface area contributed by atoms with Crippen LogP contribution >= 0.6 is 11.8 Å². The maximum atomic E-state index is 12.2. The molecule has 0 heterocycles. The zero-order chi connectivity index (χ0) is 20.8. The molecule has 5 heteroatoms. The molecule has 3 aromatic rings. The number of hydrogen-bond donors (Lipinski definition) is 1. The number of carbonyl (C=O) groups is 2. The molecule has 0 atom stereocenters. The van der Waals surface area contributed by atoms with E-state index in [2.05, 4.69) is 37.4 Å². The van der Waals surface area contributed by atoms with Gasteiger partial charge in [-0.25, -0.2) is 0 Å². The third-order valence-electron chi connectivity index (χ3n) is 4.32. The fraction of sp³-hybridized carbons (Fsp3) is 0.167. The van der Waals surface area contributed by atoms with Gasteiger partial charge < -0.3 is 10.1 Å². The molecule has 0 bridgehead atoms. The Balaban J connectivity index is 1.55. The monoisotopic (exact) mass is 405 g/mol. The van der Waals surface area contributed by atoms with Crippen molar-refractivity contribution in [1.82, 2.24) is 0 Å². The lowest BCUT2D eigenvalue weighted by Gasteiger charge is -2.10. The molecule has 0 spiro atoms. The van der Waals surface area contributed by atoms with Crippen molar-refractivity contribution in [1.29, 1.82) is 0 Å². The van der Waals surface area contributed by atoms with Gasteiger partial charge in [-0.05, 0) is 74.4 Å². The number of carbonyl (C=O) groups excluding carboxylic acids is 2. The summed E-state index contributed by atoms with van der Waals surface area (Å²) in [4.78, 5) is 25.9. The number of ether oxygens (including phenoxy) is 1. The highest BCUT2D eigenvalue weighted by atomic mass is 32.2. The SMILES string of the molecule is CC(=O)c1cccc(OCC(=O)Nc2ccc(Sc3cc(C)ccc3C)cc2)c1. The Kier molecular flexibility index (Phi) is 6.73. The third kappa shape index (κ3) is 5.96. The minimum absolute atomic E-state index is 0.0429. The molecule has 0 unspecified atom stereocenters. The lowest BCUT2D eigenvalue weighted by molar-refractivity contribution is -0.118. The molecular weight excluding hydrogens is 382 g/mol. The summed E-state index contributed by atoms with van der Waals surface area (Å²) in [5.74, 6) is 0.194. The fourth-order valence-corrected chi connectivity index (χ4v) is 3.70. The quantitative estimate of drug-likeness (QED) is 0.514. The maximum absolute atomic E-state index is 12.2. The van der Waals surface area contributed by atoms with E-state index in [0.29, 0.717) is 17.0 Å². The zero-order valence-electron chi connectivity index (χ0n) is 16.7. The van der Waals surface area contributed by atoms with E-state index >= 15 is 0 Å². The van der Waals surface area contributed by atoms with E-state index in [9.17, 15) is 9.59 Å². The lowest BCUT2D eigenvalue weighted by Crippen LogP contribution is -2.20. The molecule has 29 heavy (non-hydrogen) atoms. The van der Waals surface area contributed by atoms with Crippen LogP contribution in [0, 0.1) is 13.8 Å². The number of nitrogens with one attached hydrogen (secondary N) is 1. The highest BCUT2D eigenvalue weighted by Gasteiger charge is 2.07. The third-order valence-corrected chi connectivity index (χ3v) is 5.49. The van der Waals surface area contributed by atoms with Crippen molar-refractivity contribution in [2.24, 2.45) is 0 Å². The van der Waals surface area contributed by atoms with Gasteiger partial charge in [0.05, 0.1) is 0 Å². The number of Topliss-reactive ketones (excluding diaryl/α,β-unsaturated/α-hetero) is 1. The Labute approximate surface area is 175 Å². The maximum Gasteiger partial charge on any atom is 0.262 e. The minimum Gasteiger partial charge on any atom is -0.484 e. The highest BCUT2D eigenvalue weighted by molar-refractivity contribution is 7.99. The number of amides is 1. The molecule has 148 valence electrons. The van der Waals surface area contributed by atoms with Crippen molar-refractivity contribution < 1.29 is 14.3 Å². The Hall–Kier alpha value is -3.05. The first-order valence-corrected chi connectivity index (χ1v) is 10.1. The van der Waals surface area contributed by atoms with Gasteiger partial charge in [0.15, 0.2) is 12.4 Å². The van der Waals surface area contributed by atoms with Gasteiger partial charge in [0.25, 0.3) is 5.91 Å². The molecule has 3 aromatic carbocycles. The summed E-state index contributed by atoms with van der Waals surface area (Å²) in [7, 11) is 0. The Bertz CT molecular complexity index is 1030. The van der Waals surface area contributed by atoms with Crippen molar-refractivity contribution >= 4 is 29.1 Å². The van der Waals surface area contributed by atoms with Crippen LogP contribution in [0.25, 0.3) is 0 Å². The standard InChI is InChI=1S/C24H23NO3S/c1-16-7-8-17(2)23(13-16)29-22-11-9-20(10-12-22)25-24(27)15-28-21-6-4-5-19(14-21)18(3)26/h4-14H,15H2,1-3H3,(H,25,27). The second-order valence-corrected chi connectivity index (χ2v) is 7.93. The Morgan fingerprint density at radius 1 is 0.966 bits per heavy atom. The molecule has 3 rings (SSSR count). The molecule has 0 aromatic heterocycles. The first kappa shape index (κ1) is 20.7. The van der Waals surface area contributed by atoms with E-state index < -0.39 is 0 Å². The van der Waals surface area contributed by atoms with Crippen LogP contribution in [0.5, 0.6) is 5.75 Å². The molecule has 0 aliphatic carbocycles. The van der Waals surface area contributed by atoms with Gasteiger partial charge in [-0.1, -0.05) is 36.0 Å². The average Bonchev–Trinajstić information content (AvgIpc) is 2.71. The van der Waals surface area contributed by atoms with Crippen molar-refractivity contribution in [2.75, 3.05) is 11.9 Å². The lowest BCUT2D eigenvalue weighted by atomic mass is 10.1. The molecular formula is C24H23NO3S. The van der Waals surface area contributed by atoms with Crippen LogP contribution in [0.2, 0.25) is 0 Å². The molecule has 0 fully saturated rings. The number of benzene rings is 3.